The van der Waals surface area contributed by atoms with E-state index in [0.717, 1.165) is 82.7 Å². The van der Waals surface area contributed by atoms with Crippen LogP contribution in [0.5, 0.6) is 0 Å². The van der Waals surface area contributed by atoms with Crippen molar-refractivity contribution in [2.24, 2.45) is 0 Å². The molecule has 0 aliphatic carbocycles. The van der Waals surface area contributed by atoms with E-state index < -0.39 is 0 Å². The van der Waals surface area contributed by atoms with Crippen molar-refractivity contribution in [3.8, 4) is 45.5 Å². The molecule has 0 spiro atoms. The quantitative estimate of drug-likeness (QED) is 0.175. The van der Waals surface area contributed by atoms with Crippen LogP contribution in [-0.4, -0.2) is 24.1 Å². The number of benzene rings is 9. The third-order valence-electron chi connectivity index (χ3n) is 12.1. The number of furan rings is 1. The van der Waals surface area contributed by atoms with Gasteiger partial charge in [0.15, 0.2) is 17.2 Å². The first kappa shape index (κ1) is 33.6. The van der Waals surface area contributed by atoms with Crippen LogP contribution in [0.15, 0.2) is 205 Å². The van der Waals surface area contributed by atoms with Crippen LogP contribution in [0.4, 0.5) is 0 Å². The minimum Gasteiger partial charge on any atom is -0.454 e. The molecule has 9 aromatic carbocycles. The van der Waals surface area contributed by atoms with Gasteiger partial charge in [0, 0.05) is 43.4 Å². The van der Waals surface area contributed by atoms with Gasteiger partial charge in [0.25, 0.3) is 0 Å². The van der Waals surface area contributed by atoms with Crippen LogP contribution >= 0.6 is 0 Å². The molecule has 0 aliphatic heterocycles. The second kappa shape index (κ2) is 13.1. The summed E-state index contributed by atoms with van der Waals surface area (Å²) in [6, 6.07) is 70.3. The van der Waals surface area contributed by atoms with E-state index in [1.54, 1.807) is 0 Å². The van der Waals surface area contributed by atoms with E-state index in [1.807, 2.05) is 18.2 Å². The van der Waals surface area contributed by atoms with Crippen LogP contribution in [0.2, 0.25) is 0 Å². The lowest BCUT2D eigenvalue weighted by Crippen LogP contribution is -2.07. The Morgan fingerprint density at radius 1 is 0.328 bits per heavy atom. The van der Waals surface area contributed by atoms with Gasteiger partial charge < -0.3 is 8.98 Å². The minimum absolute atomic E-state index is 0.546. The van der Waals surface area contributed by atoms with Crippen molar-refractivity contribution in [1.82, 2.24) is 24.1 Å². The topological polar surface area (TPSA) is 61.7 Å². The van der Waals surface area contributed by atoms with Crippen molar-refractivity contribution < 1.29 is 4.42 Å². The highest BCUT2D eigenvalue weighted by Crippen LogP contribution is 2.42. The zero-order valence-electron chi connectivity index (χ0n) is 32.7. The average Bonchev–Trinajstić information content (AvgIpc) is 3.98. The average molecular weight is 780 g/mol. The zero-order chi connectivity index (χ0) is 40.0. The molecule has 0 bridgehead atoms. The van der Waals surface area contributed by atoms with E-state index in [4.69, 9.17) is 19.4 Å². The van der Waals surface area contributed by atoms with Crippen LogP contribution in [0.3, 0.4) is 0 Å². The standard InChI is InChI=1S/C55H33N5O/c1-2-15-34(16-3-1)35-19-14-20-38(29-35)53-56-54(58-55(57-53)60-47-26-11-6-21-40(47)41-22-7-12-27-48(41)60)39-31-45-43-24-9-13-28-51(43)61-52(45)50(33-39)59-46-25-10-8-23-42(46)44-30-36-17-4-5-18-37(36)32-49(44)59/h1-33H. The Morgan fingerprint density at radius 2 is 0.885 bits per heavy atom. The molecule has 13 aromatic rings. The highest BCUT2D eigenvalue weighted by atomic mass is 16.3. The lowest BCUT2D eigenvalue weighted by atomic mass is 10.0. The van der Waals surface area contributed by atoms with Gasteiger partial charge in [0.05, 0.1) is 27.8 Å². The molecule has 0 unspecified atom stereocenters. The van der Waals surface area contributed by atoms with Crippen molar-refractivity contribution in [2.45, 2.75) is 0 Å². The number of rotatable bonds is 5. The molecule has 6 heteroatoms. The van der Waals surface area contributed by atoms with Gasteiger partial charge in [-0.05, 0) is 76.5 Å². The predicted molar refractivity (Wildman–Crippen MR) is 250 cm³/mol. The summed E-state index contributed by atoms with van der Waals surface area (Å²) in [5, 5.41) is 9.02. The summed E-state index contributed by atoms with van der Waals surface area (Å²) < 4.78 is 11.4. The highest BCUT2D eigenvalue weighted by Gasteiger charge is 2.23. The largest absolute Gasteiger partial charge is 0.454 e. The summed E-state index contributed by atoms with van der Waals surface area (Å²) in [6.45, 7) is 0. The van der Waals surface area contributed by atoms with E-state index in [-0.39, 0.29) is 0 Å². The van der Waals surface area contributed by atoms with Gasteiger partial charge in [-0.3, -0.25) is 4.57 Å². The van der Waals surface area contributed by atoms with Gasteiger partial charge in [0.1, 0.15) is 5.58 Å². The molecule has 4 heterocycles. The number of hydrogen-bond donors (Lipinski definition) is 0. The lowest BCUT2D eigenvalue weighted by molar-refractivity contribution is 0.666. The van der Waals surface area contributed by atoms with E-state index in [2.05, 4.69) is 191 Å². The Bertz CT molecular complexity index is 3840. The van der Waals surface area contributed by atoms with Crippen molar-refractivity contribution in [3.05, 3.63) is 200 Å². The Balaban J connectivity index is 1.13. The van der Waals surface area contributed by atoms with Gasteiger partial charge in [0.2, 0.25) is 5.95 Å². The zero-order valence-corrected chi connectivity index (χ0v) is 32.7. The molecule has 13 rings (SSSR count). The molecule has 0 amide bonds. The molecule has 4 aromatic heterocycles. The molecule has 0 saturated carbocycles. The Hall–Kier alpha value is -8.35. The second-order valence-electron chi connectivity index (χ2n) is 15.6. The highest BCUT2D eigenvalue weighted by molar-refractivity contribution is 6.16. The number of fused-ring (bicyclic) bond motifs is 10. The number of nitrogens with zero attached hydrogens (tertiary/aromatic N) is 5. The van der Waals surface area contributed by atoms with Crippen LogP contribution in [0, 0.1) is 0 Å². The first-order chi connectivity index (χ1) is 30.2. The van der Waals surface area contributed by atoms with Crippen molar-refractivity contribution in [3.63, 3.8) is 0 Å². The van der Waals surface area contributed by atoms with Crippen molar-refractivity contribution in [2.75, 3.05) is 0 Å². The van der Waals surface area contributed by atoms with Gasteiger partial charge >= 0.3 is 0 Å². The normalized spacial score (nSPS) is 11.9. The maximum atomic E-state index is 6.83. The van der Waals surface area contributed by atoms with Crippen LogP contribution in [-0.2, 0) is 0 Å². The minimum atomic E-state index is 0.546. The van der Waals surface area contributed by atoms with Gasteiger partial charge in [-0.25, -0.2) is 4.98 Å². The number of aromatic nitrogens is 5. The smallest absolute Gasteiger partial charge is 0.238 e. The van der Waals surface area contributed by atoms with Crippen LogP contribution < -0.4 is 0 Å². The molecule has 0 radical (unpaired) electrons. The first-order valence-corrected chi connectivity index (χ1v) is 20.5. The fourth-order valence-corrected chi connectivity index (χ4v) is 9.35. The summed E-state index contributed by atoms with van der Waals surface area (Å²) in [6.07, 6.45) is 0. The van der Waals surface area contributed by atoms with Crippen molar-refractivity contribution >= 4 is 76.3 Å². The Kier molecular flexibility index (Phi) is 7.21. The van der Waals surface area contributed by atoms with E-state index in [9.17, 15) is 0 Å². The SMILES string of the molecule is c1ccc(-c2cccc(-c3nc(-c4cc(-n5c6ccccc6c6cc7ccccc7cc65)c5oc6ccccc6c5c4)nc(-n4c5ccccc5c5ccccc54)n3)c2)cc1. The van der Waals surface area contributed by atoms with Gasteiger partial charge in [-0.1, -0.05) is 146 Å². The maximum Gasteiger partial charge on any atom is 0.238 e. The maximum absolute atomic E-state index is 6.83. The summed E-state index contributed by atoms with van der Waals surface area (Å²) >= 11 is 0. The number of hydrogen-bond acceptors (Lipinski definition) is 4. The lowest BCUT2D eigenvalue weighted by Gasteiger charge is -2.14. The molecular weight excluding hydrogens is 747 g/mol. The fourth-order valence-electron chi connectivity index (χ4n) is 9.35. The summed E-state index contributed by atoms with van der Waals surface area (Å²) in [7, 11) is 0. The van der Waals surface area contributed by atoms with E-state index >= 15 is 0 Å². The van der Waals surface area contributed by atoms with Crippen molar-refractivity contribution in [1.29, 1.82) is 0 Å². The van der Waals surface area contributed by atoms with Gasteiger partial charge in [-0.15, -0.1) is 0 Å². The summed E-state index contributed by atoms with van der Waals surface area (Å²) in [5.74, 6) is 1.69. The molecular formula is C55H33N5O. The molecule has 284 valence electrons. The van der Waals surface area contributed by atoms with E-state index in [0.29, 0.717) is 17.6 Å². The summed E-state index contributed by atoms with van der Waals surface area (Å²) in [4.78, 5) is 16.1. The predicted octanol–water partition coefficient (Wildman–Crippen LogP) is 14.1. The molecule has 6 nitrogen and oxygen atoms in total. The summed E-state index contributed by atoms with van der Waals surface area (Å²) in [5.41, 5.74) is 10.7. The monoisotopic (exact) mass is 779 g/mol. The molecule has 0 atom stereocenters. The third kappa shape index (κ3) is 5.19. The second-order valence-corrected chi connectivity index (χ2v) is 15.6. The van der Waals surface area contributed by atoms with E-state index in [1.165, 1.54) is 21.5 Å². The molecule has 0 fully saturated rings. The fraction of sp³-hybridized carbons (Fsp3) is 0. The number of para-hydroxylation sites is 4. The molecule has 61 heavy (non-hydrogen) atoms. The third-order valence-corrected chi connectivity index (χ3v) is 12.1. The molecule has 0 saturated heterocycles. The molecule has 0 aliphatic rings. The van der Waals surface area contributed by atoms with Gasteiger partial charge in [-0.2, -0.15) is 9.97 Å². The van der Waals surface area contributed by atoms with Crippen LogP contribution in [0.1, 0.15) is 0 Å². The molecule has 0 N–H and O–H groups in total. The Labute approximate surface area is 349 Å². The first-order valence-electron chi connectivity index (χ1n) is 20.5. The Morgan fingerprint density at radius 3 is 1.62 bits per heavy atom. The van der Waals surface area contributed by atoms with Crippen LogP contribution in [0.25, 0.3) is 122 Å².